The first-order valence-electron chi connectivity index (χ1n) is 9.29. The normalized spacial score (nSPS) is 11.8. The Labute approximate surface area is 164 Å². The molecule has 1 amide bonds. The van der Waals surface area contributed by atoms with Crippen molar-refractivity contribution in [2.45, 2.75) is 39.7 Å². The lowest BCUT2D eigenvalue weighted by Gasteiger charge is -2.15. The van der Waals surface area contributed by atoms with Gasteiger partial charge in [-0.3, -0.25) is 9.59 Å². The minimum atomic E-state index is -0.144. The number of aryl methyl sites for hydroxylation is 2. The fourth-order valence-electron chi connectivity index (χ4n) is 2.94. The zero-order valence-electron chi connectivity index (χ0n) is 16.3. The van der Waals surface area contributed by atoms with E-state index in [1.54, 1.807) is 11.0 Å². The summed E-state index contributed by atoms with van der Waals surface area (Å²) in [6, 6.07) is 13.2. The molecular weight excluding hydrogens is 352 g/mol. The largest absolute Gasteiger partial charge is 0.350 e. The van der Waals surface area contributed by atoms with Gasteiger partial charge in [0.1, 0.15) is 12.7 Å². The van der Waals surface area contributed by atoms with E-state index in [0.717, 1.165) is 22.4 Å². The van der Waals surface area contributed by atoms with Crippen molar-refractivity contribution < 1.29 is 9.59 Å². The molecule has 28 heavy (non-hydrogen) atoms. The molecule has 6 nitrogen and oxygen atoms in total. The van der Waals surface area contributed by atoms with Crippen LogP contribution in [0, 0.1) is 13.8 Å². The molecule has 0 aliphatic rings. The maximum atomic E-state index is 12.3. The predicted molar refractivity (Wildman–Crippen MR) is 107 cm³/mol. The van der Waals surface area contributed by atoms with Gasteiger partial charge in [0.15, 0.2) is 5.78 Å². The molecule has 0 saturated carbocycles. The highest BCUT2D eigenvalue weighted by Crippen LogP contribution is 2.16. The molecule has 0 saturated heterocycles. The molecule has 0 spiro atoms. The number of ketones is 1. The lowest BCUT2D eigenvalue weighted by Crippen LogP contribution is -2.27. The van der Waals surface area contributed by atoms with Gasteiger partial charge in [-0.1, -0.05) is 24.3 Å². The standard InChI is InChI=1S/C22H24N4O2/c1-15-4-5-19(12-16(15)2)21(27)10-11-22(28)25-17(3)18-6-8-20(9-7-18)26-14-23-13-24-26/h4-9,12-14,17H,10-11H2,1-3H3,(H,25,28). The van der Waals surface area contributed by atoms with Crippen LogP contribution in [0.25, 0.3) is 5.69 Å². The van der Waals surface area contributed by atoms with Crippen LogP contribution in [-0.4, -0.2) is 26.5 Å². The number of nitrogens with zero attached hydrogens (tertiary/aromatic N) is 3. The van der Waals surface area contributed by atoms with E-state index in [2.05, 4.69) is 15.4 Å². The van der Waals surface area contributed by atoms with Crippen LogP contribution in [0.15, 0.2) is 55.1 Å². The molecule has 3 rings (SSSR count). The monoisotopic (exact) mass is 376 g/mol. The third-order valence-electron chi connectivity index (χ3n) is 4.86. The first-order chi connectivity index (χ1) is 13.4. The molecule has 3 aromatic rings. The van der Waals surface area contributed by atoms with E-state index in [9.17, 15) is 9.59 Å². The van der Waals surface area contributed by atoms with E-state index in [0.29, 0.717) is 5.56 Å². The van der Waals surface area contributed by atoms with Crippen LogP contribution in [0.4, 0.5) is 0 Å². The van der Waals surface area contributed by atoms with Gasteiger partial charge in [0.25, 0.3) is 0 Å². The highest BCUT2D eigenvalue weighted by atomic mass is 16.2. The van der Waals surface area contributed by atoms with Crippen LogP contribution in [0.5, 0.6) is 0 Å². The van der Waals surface area contributed by atoms with E-state index in [-0.39, 0.29) is 30.6 Å². The molecule has 1 N–H and O–H groups in total. The Morgan fingerprint density at radius 1 is 1.04 bits per heavy atom. The van der Waals surface area contributed by atoms with Crippen LogP contribution < -0.4 is 5.32 Å². The summed E-state index contributed by atoms with van der Waals surface area (Å²) in [5, 5.41) is 7.04. The van der Waals surface area contributed by atoms with E-state index in [4.69, 9.17) is 0 Å². The minimum Gasteiger partial charge on any atom is -0.350 e. The smallest absolute Gasteiger partial charge is 0.220 e. The number of benzene rings is 2. The number of Topliss-reactive ketones (excluding diaryl/α,β-unsaturated/α-hetero) is 1. The lowest BCUT2D eigenvalue weighted by molar-refractivity contribution is -0.121. The summed E-state index contributed by atoms with van der Waals surface area (Å²) < 4.78 is 1.67. The Morgan fingerprint density at radius 3 is 2.43 bits per heavy atom. The topological polar surface area (TPSA) is 76.9 Å². The Morgan fingerprint density at radius 2 is 1.79 bits per heavy atom. The molecule has 1 unspecified atom stereocenters. The van der Waals surface area contributed by atoms with E-state index in [1.165, 1.54) is 6.33 Å². The van der Waals surface area contributed by atoms with Crippen molar-refractivity contribution in [1.82, 2.24) is 20.1 Å². The number of carbonyl (C=O) groups excluding carboxylic acids is 2. The predicted octanol–water partition coefficient (Wildman–Crippen LogP) is 3.72. The third-order valence-corrected chi connectivity index (χ3v) is 4.86. The highest BCUT2D eigenvalue weighted by Gasteiger charge is 2.13. The quantitative estimate of drug-likeness (QED) is 0.638. The van der Waals surface area contributed by atoms with Gasteiger partial charge in [0.05, 0.1) is 11.7 Å². The van der Waals surface area contributed by atoms with Gasteiger partial charge in [-0.15, -0.1) is 0 Å². The number of hydrogen-bond donors (Lipinski definition) is 1. The summed E-state index contributed by atoms with van der Waals surface area (Å²) in [4.78, 5) is 28.5. The molecule has 0 fully saturated rings. The van der Waals surface area contributed by atoms with Crippen LogP contribution in [0.1, 0.15) is 52.9 Å². The fourth-order valence-corrected chi connectivity index (χ4v) is 2.94. The van der Waals surface area contributed by atoms with Gasteiger partial charge in [-0.2, -0.15) is 5.10 Å². The zero-order valence-corrected chi connectivity index (χ0v) is 16.3. The van der Waals surface area contributed by atoms with Gasteiger partial charge in [0.2, 0.25) is 5.91 Å². The summed E-state index contributed by atoms with van der Waals surface area (Å²) in [6.45, 7) is 5.92. The molecule has 0 bridgehead atoms. The SMILES string of the molecule is Cc1ccc(C(=O)CCC(=O)NC(C)c2ccc(-n3cncn3)cc2)cc1C. The molecule has 1 heterocycles. The summed E-state index contributed by atoms with van der Waals surface area (Å²) in [7, 11) is 0. The lowest BCUT2D eigenvalue weighted by atomic mass is 10.0. The van der Waals surface area contributed by atoms with E-state index >= 15 is 0 Å². The second kappa shape index (κ2) is 8.61. The molecule has 2 aromatic carbocycles. The molecule has 1 aromatic heterocycles. The second-order valence-corrected chi connectivity index (χ2v) is 6.94. The van der Waals surface area contributed by atoms with E-state index < -0.39 is 0 Å². The van der Waals surface area contributed by atoms with Gasteiger partial charge in [0, 0.05) is 18.4 Å². The third kappa shape index (κ3) is 4.71. The van der Waals surface area contributed by atoms with Crippen LogP contribution >= 0.6 is 0 Å². The molecule has 144 valence electrons. The first kappa shape index (κ1) is 19.5. The number of hydrogen-bond acceptors (Lipinski definition) is 4. The van der Waals surface area contributed by atoms with Crippen molar-refractivity contribution in [3.8, 4) is 5.69 Å². The van der Waals surface area contributed by atoms with Crippen LogP contribution in [-0.2, 0) is 4.79 Å². The molecule has 1 atom stereocenters. The summed E-state index contributed by atoms with van der Waals surface area (Å²) >= 11 is 0. The maximum Gasteiger partial charge on any atom is 0.220 e. The van der Waals surface area contributed by atoms with Crippen molar-refractivity contribution in [3.63, 3.8) is 0 Å². The summed E-state index contributed by atoms with van der Waals surface area (Å²) in [5.41, 5.74) is 4.78. The second-order valence-electron chi connectivity index (χ2n) is 6.94. The van der Waals surface area contributed by atoms with Crippen molar-refractivity contribution in [3.05, 3.63) is 77.4 Å². The van der Waals surface area contributed by atoms with E-state index in [1.807, 2.05) is 63.2 Å². The van der Waals surface area contributed by atoms with Gasteiger partial charge in [-0.05, 0) is 55.7 Å². The van der Waals surface area contributed by atoms with Crippen molar-refractivity contribution in [1.29, 1.82) is 0 Å². The fraction of sp³-hybridized carbons (Fsp3) is 0.273. The highest BCUT2D eigenvalue weighted by molar-refractivity contribution is 5.98. The Kier molecular flexibility index (Phi) is 5.99. The van der Waals surface area contributed by atoms with Crippen molar-refractivity contribution >= 4 is 11.7 Å². The van der Waals surface area contributed by atoms with Crippen molar-refractivity contribution in [2.24, 2.45) is 0 Å². The Balaban J connectivity index is 1.52. The summed E-state index contributed by atoms with van der Waals surface area (Å²) in [6.07, 6.45) is 3.49. The number of carbonyl (C=O) groups is 2. The zero-order chi connectivity index (χ0) is 20.1. The van der Waals surface area contributed by atoms with Gasteiger partial charge < -0.3 is 5.32 Å². The van der Waals surface area contributed by atoms with Gasteiger partial charge >= 0.3 is 0 Å². The van der Waals surface area contributed by atoms with Crippen molar-refractivity contribution in [2.75, 3.05) is 0 Å². The number of amides is 1. The average molecular weight is 376 g/mol. The van der Waals surface area contributed by atoms with Gasteiger partial charge in [-0.25, -0.2) is 9.67 Å². The average Bonchev–Trinajstić information content (AvgIpc) is 3.23. The molecule has 0 radical (unpaired) electrons. The molecule has 6 heteroatoms. The molecule has 0 aliphatic heterocycles. The molecule has 0 aliphatic carbocycles. The van der Waals surface area contributed by atoms with Crippen LogP contribution in [0.3, 0.4) is 0 Å². The summed E-state index contributed by atoms with van der Waals surface area (Å²) in [5.74, 6) is -0.145. The van der Waals surface area contributed by atoms with Crippen LogP contribution in [0.2, 0.25) is 0 Å². The minimum absolute atomic E-state index is 0.0110. The maximum absolute atomic E-state index is 12.3. The number of aromatic nitrogens is 3. The number of nitrogens with one attached hydrogen (secondary N) is 1. The Hall–Kier alpha value is -3.28. The Bertz CT molecular complexity index is 963. The molecular formula is C22H24N4O2. The number of rotatable bonds is 7. The first-order valence-corrected chi connectivity index (χ1v) is 9.29.